The van der Waals surface area contributed by atoms with Crippen LogP contribution in [0.2, 0.25) is 0 Å². The third-order valence-corrected chi connectivity index (χ3v) is 8.25. The van der Waals surface area contributed by atoms with Gasteiger partial charge in [-0.1, -0.05) is 34.6 Å². The lowest BCUT2D eigenvalue weighted by Crippen LogP contribution is -2.48. The Kier molecular flexibility index (Phi) is 8.89. The number of aromatic amines is 1. The van der Waals surface area contributed by atoms with E-state index in [1.165, 1.54) is 12.1 Å². The first-order chi connectivity index (χ1) is 16.8. The molecule has 0 radical (unpaired) electrons. The number of rotatable bonds is 7. The molecular weight excluding hydrogens is 463 g/mol. The van der Waals surface area contributed by atoms with Crippen LogP contribution < -0.4 is 5.32 Å². The summed E-state index contributed by atoms with van der Waals surface area (Å²) in [6, 6.07) is 4.11. The van der Waals surface area contributed by atoms with Crippen molar-refractivity contribution in [2.45, 2.75) is 85.4 Å². The Labute approximate surface area is 215 Å². The molecular formula is C29H46F3N3O. The molecule has 4 rings (SSSR count). The average molecular weight is 510 g/mol. The highest BCUT2D eigenvalue weighted by atomic mass is 19.4. The zero-order chi connectivity index (χ0) is 26.9. The summed E-state index contributed by atoms with van der Waals surface area (Å²) in [5.41, 5.74) is 2.31. The van der Waals surface area contributed by atoms with Crippen LogP contribution in [0.15, 0.2) is 18.2 Å². The Morgan fingerprint density at radius 3 is 2.47 bits per heavy atom. The number of hydrogen-bond donors (Lipinski definition) is 3. The van der Waals surface area contributed by atoms with E-state index in [0.29, 0.717) is 11.8 Å². The summed E-state index contributed by atoms with van der Waals surface area (Å²) >= 11 is 0. The van der Waals surface area contributed by atoms with Crippen molar-refractivity contribution in [3.63, 3.8) is 0 Å². The molecule has 1 aliphatic heterocycles. The minimum absolute atomic E-state index is 0.108. The number of benzene rings is 1. The number of hydrogen-bond acceptors (Lipinski definition) is 3. The Morgan fingerprint density at radius 2 is 1.83 bits per heavy atom. The maximum Gasteiger partial charge on any atom is 0.416 e. The van der Waals surface area contributed by atoms with Crippen molar-refractivity contribution in [3.8, 4) is 0 Å². The summed E-state index contributed by atoms with van der Waals surface area (Å²) in [5, 5.41) is 13.7. The standard InChI is InChI=1S/C27H40F3N3O.C2H6/c1-17-21-14-33(11-9-25(2,3)15-31-26(4,5)16-34)10-8-18(21)12-23-24(17)20-13-19(27(28,29)30)6-7-22(20)32-23;1-2/h6-7,13,17-18,21,31-32,34H,8-12,14-16H2,1-5H3;1-2H3/t17-,18?,21?;/m1./s1. The first-order valence-corrected chi connectivity index (χ1v) is 13.6. The molecule has 2 aromatic rings. The average Bonchev–Trinajstić information content (AvgIpc) is 3.20. The number of aliphatic hydroxyl groups excluding tert-OH is 1. The lowest BCUT2D eigenvalue weighted by Gasteiger charge is -2.45. The van der Waals surface area contributed by atoms with Crippen molar-refractivity contribution in [1.29, 1.82) is 0 Å². The molecule has 36 heavy (non-hydrogen) atoms. The van der Waals surface area contributed by atoms with Gasteiger partial charge in [0.25, 0.3) is 0 Å². The number of aromatic nitrogens is 1. The van der Waals surface area contributed by atoms with E-state index in [1.54, 1.807) is 6.07 Å². The highest BCUT2D eigenvalue weighted by Crippen LogP contribution is 2.47. The van der Waals surface area contributed by atoms with Crippen molar-refractivity contribution in [2.75, 3.05) is 32.8 Å². The molecule has 1 aromatic carbocycles. The van der Waals surface area contributed by atoms with Crippen LogP contribution in [0.5, 0.6) is 0 Å². The van der Waals surface area contributed by atoms with Crippen molar-refractivity contribution in [2.24, 2.45) is 17.3 Å². The Morgan fingerprint density at radius 1 is 1.14 bits per heavy atom. The molecule has 1 aromatic heterocycles. The van der Waals surface area contributed by atoms with E-state index in [2.05, 4.69) is 36.0 Å². The first-order valence-electron chi connectivity index (χ1n) is 13.6. The van der Waals surface area contributed by atoms with E-state index in [0.717, 1.165) is 67.6 Å². The highest BCUT2D eigenvalue weighted by Gasteiger charge is 2.40. The zero-order valence-electron chi connectivity index (χ0n) is 23.1. The third kappa shape index (κ3) is 6.46. The molecule has 4 nitrogen and oxygen atoms in total. The fraction of sp³-hybridized carbons (Fsp3) is 0.724. The van der Waals surface area contributed by atoms with Gasteiger partial charge in [-0.25, -0.2) is 0 Å². The van der Waals surface area contributed by atoms with Gasteiger partial charge in [0.05, 0.1) is 12.2 Å². The molecule has 0 spiro atoms. The molecule has 0 amide bonds. The third-order valence-electron chi connectivity index (χ3n) is 8.25. The highest BCUT2D eigenvalue weighted by molar-refractivity contribution is 5.86. The normalized spacial score (nSPS) is 23.1. The van der Waals surface area contributed by atoms with E-state index in [4.69, 9.17) is 0 Å². The Hall–Kier alpha value is -1.57. The molecule has 1 fully saturated rings. The van der Waals surface area contributed by atoms with Gasteiger partial charge in [-0.3, -0.25) is 0 Å². The smallest absolute Gasteiger partial charge is 0.394 e. The summed E-state index contributed by atoms with van der Waals surface area (Å²) in [4.78, 5) is 5.99. The zero-order valence-corrected chi connectivity index (χ0v) is 23.1. The number of halogens is 3. The predicted molar refractivity (Wildman–Crippen MR) is 142 cm³/mol. The number of H-pyrrole nitrogens is 1. The van der Waals surface area contributed by atoms with Gasteiger partial charge in [0.2, 0.25) is 0 Å². The van der Waals surface area contributed by atoms with Crippen LogP contribution in [0.1, 0.15) is 84.0 Å². The molecule has 7 heteroatoms. The number of fused-ring (bicyclic) bond motifs is 4. The van der Waals surface area contributed by atoms with Crippen molar-refractivity contribution < 1.29 is 18.3 Å². The van der Waals surface area contributed by atoms with E-state index in [1.807, 2.05) is 27.7 Å². The van der Waals surface area contributed by atoms with E-state index in [-0.39, 0.29) is 23.5 Å². The Balaban J connectivity index is 0.00000176. The van der Waals surface area contributed by atoms with E-state index in [9.17, 15) is 18.3 Å². The quantitative estimate of drug-likeness (QED) is 0.395. The summed E-state index contributed by atoms with van der Waals surface area (Å²) < 4.78 is 40.1. The number of nitrogens with one attached hydrogen (secondary N) is 2. The molecule has 0 bridgehead atoms. The lowest BCUT2D eigenvalue weighted by molar-refractivity contribution is -0.137. The number of alkyl halides is 3. The molecule has 3 atom stereocenters. The second-order valence-corrected chi connectivity index (χ2v) is 12.1. The number of likely N-dealkylation sites (tertiary alicyclic amines) is 1. The van der Waals surface area contributed by atoms with Gasteiger partial charge in [-0.2, -0.15) is 13.2 Å². The van der Waals surface area contributed by atoms with Gasteiger partial charge in [0.1, 0.15) is 0 Å². The number of nitrogens with zero attached hydrogens (tertiary/aromatic N) is 1. The minimum Gasteiger partial charge on any atom is -0.394 e. The summed E-state index contributed by atoms with van der Waals surface area (Å²) in [5.74, 6) is 1.27. The van der Waals surface area contributed by atoms with Gasteiger partial charge >= 0.3 is 6.18 Å². The van der Waals surface area contributed by atoms with Gasteiger partial charge in [-0.05, 0) is 93.1 Å². The van der Waals surface area contributed by atoms with E-state index < -0.39 is 11.7 Å². The molecule has 2 heterocycles. The number of piperidine rings is 1. The second kappa shape index (κ2) is 11.0. The van der Waals surface area contributed by atoms with Crippen LogP contribution in [-0.4, -0.2) is 53.3 Å². The van der Waals surface area contributed by atoms with Crippen LogP contribution in [-0.2, 0) is 12.6 Å². The summed E-state index contributed by atoms with van der Waals surface area (Å²) in [7, 11) is 0. The maximum atomic E-state index is 13.4. The van der Waals surface area contributed by atoms with Crippen molar-refractivity contribution >= 4 is 10.9 Å². The minimum atomic E-state index is -4.32. The lowest BCUT2D eigenvalue weighted by atomic mass is 9.68. The van der Waals surface area contributed by atoms with Crippen LogP contribution in [0.4, 0.5) is 13.2 Å². The first kappa shape index (κ1) is 29.0. The van der Waals surface area contributed by atoms with Gasteiger partial charge < -0.3 is 20.3 Å². The fourth-order valence-corrected chi connectivity index (χ4v) is 5.81. The van der Waals surface area contributed by atoms with Gasteiger partial charge in [-0.15, -0.1) is 0 Å². The molecule has 0 saturated carbocycles. The Bertz CT molecular complexity index is 1010. The fourth-order valence-electron chi connectivity index (χ4n) is 5.81. The molecule has 1 aliphatic carbocycles. The van der Waals surface area contributed by atoms with Gasteiger partial charge in [0, 0.05) is 35.2 Å². The van der Waals surface area contributed by atoms with Crippen LogP contribution in [0.25, 0.3) is 10.9 Å². The second-order valence-electron chi connectivity index (χ2n) is 12.1. The summed E-state index contributed by atoms with van der Waals surface area (Å²) in [6.07, 6.45) is -1.21. The van der Waals surface area contributed by atoms with Crippen LogP contribution >= 0.6 is 0 Å². The summed E-state index contributed by atoms with van der Waals surface area (Å²) in [6.45, 7) is 18.8. The maximum absolute atomic E-state index is 13.4. The molecule has 2 unspecified atom stereocenters. The van der Waals surface area contributed by atoms with Crippen molar-refractivity contribution in [3.05, 3.63) is 35.0 Å². The predicted octanol–water partition coefficient (Wildman–Crippen LogP) is 6.59. The van der Waals surface area contributed by atoms with Crippen molar-refractivity contribution in [1.82, 2.24) is 15.2 Å². The largest absolute Gasteiger partial charge is 0.416 e. The van der Waals surface area contributed by atoms with Crippen LogP contribution in [0, 0.1) is 17.3 Å². The monoisotopic (exact) mass is 509 g/mol. The molecule has 1 saturated heterocycles. The van der Waals surface area contributed by atoms with Gasteiger partial charge in [0.15, 0.2) is 0 Å². The SMILES string of the molecule is CC.C[C@H]1c2c([nH]c3ccc(C(F)(F)F)cc23)CC2CCN(CCC(C)(C)CNC(C)(C)CO)CC21. The molecule has 204 valence electrons. The molecule has 3 N–H and O–H groups in total. The van der Waals surface area contributed by atoms with Crippen LogP contribution in [0.3, 0.4) is 0 Å². The number of aliphatic hydroxyl groups is 1. The topological polar surface area (TPSA) is 51.3 Å². The molecule has 2 aliphatic rings. The van der Waals surface area contributed by atoms with E-state index >= 15 is 0 Å².